The zero-order chi connectivity index (χ0) is 17.2. The summed E-state index contributed by atoms with van der Waals surface area (Å²) < 4.78 is 0. The van der Waals surface area contributed by atoms with Crippen LogP contribution in [0.3, 0.4) is 0 Å². The molecule has 0 aliphatic rings. The summed E-state index contributed by atoms with van der Waals surface area (Å²) in [6.45, 7) is 0.757. The molecule has 0 saturated heterocycles. The van der Waals surface area contributed by atoms with E-state index in [2.05, 4.69) is 15.8 Å². The van der Waals surface area contributed by atoms with Crippen molar-refractivity contribution in [1.82, 2.24) is 5.43 Å². The Morgan fingerprint density at radius 2 is 1.79 bits per heavy atom. The monoisotopic (exact) mass is 324 g/mol. The highest BCUT2D eigenvalue weighted by Crippen LogP contribution is 2.10. The summed E-state index contributed by atoms with van der Waals surface area (Å²) in [7, 11) is 3.99. The van der Waals surface area contributed by atoms with Crippen LogP contribution in [0.25, 0.3) is 0 Å². The fraction of sp³-hybridized carbons (Fsp3) is 0.263. The first-order valence-corrected chi connectivity index (χ1v) is 8.03. The number of hydrazone groups is 1. The molecule has 2 aromatic carbocycles. The van der Waals surface area contributed by atoms with Gasteiger partial charge < -0.3 is 10.2 Å². The first-order chi connectivity index (χ1) is 11.6. The topological polar surface area (TPSA) is 56.7 Å². The number of amides is 1. The highest BCUT2D eigenvalue weighted by Gasteiger charge is 1.99. The predicted molar refractivity (Wildman–Crippen MR) is 101 cm³/mol. The van der Waals surface area contributed by atoms with Crippen molar-refractivity contribution in [2.45, 2.75) is 12.8 Å². The predicted octanol–water partition coefficient (Wildman–Crippen LogP) is 3.10. The van der Waals surface area contributed by atoms with Crippen LogP contribution < -0.4 is 15.6 Å². The van der Waals surface area contributed by atoms with Crippen molar-refractivity contribution >= 4 is 23.5 Å². The molecular weight excluding hydrogens is 300 g/mol. The minimum absolute atomic E-state index is 0.0778. The number of hydrogen-bond donors (Lipinski definition) is 2. The molecule has 2 rings (SSSR count). The maximum atomic E-state index is 11.7. The summed E-state index contributed by atoms with van der Waals surface area (Å²) in [5.41, 5.74) is 5.70. The Hall–Kier alpha value is -2.82. The van der Waals surface area contributed by atoms with Crippen LogP contribution in [0, 0.1) is 0 Å². The lowest BCUT2D eigenvalue weighted by Gasteiger charge is -2.11. The SMILES string of the molecule is CN(C)c1ccc(/C=N/NC(=O)CCCNc2ccccc2)cc1. The molecule has 0 fully saturated rings. The normalized spacial score (nSPS) is 10.6. The van der Waals surface area contributed by atoms with Crippen molar-refractivity contribution in [3.05, 3.63) is 60.2 Å². The van der Waals surface area contributed by atoms with Gasteiger partial charge in [0.05, 0.1) is 6.21 Å². The molecule has 0 heterocycles. The van der Waals surface area contributed by atoms with Crippen molar-refractivity contribution in [2.75, 3.05) is 30.9 Å². The fourth-order valence-corrected chi connectivity index (χ4v) is 2.13. The molecule has 24 heavy (non-hydrogen) atoms. The lowest BCUT2D eigenvalue weighted by Crippen LogP contribution is -2.18. The van der Waals surface area contributed by atoms with Crippen LogP contribution in [-0.4, -0.2) is 32.8 Å². The fourth-order valence-electron chi connectivity index (χ4n) is 2.13. The first kappa shape index (κ1) is 17.5. The van der Waals surface area contributed by atoms with Gasteiger partial charge in [-0.2, -0.15) is 5.10 Å². The Morgan fingerprint density at radius 1 is 1.08 bits per heavy atom. The summed E-state index contributed by atoms with van der Waals surface area (Å²) in [6, 6.07) is 17.9. The average Bonchev–Trinajstić information content (AvgIpc) is 2.60. The number of para-hydroxylation sites is 1. The average molecular weight is 324 g/mol. The third kappa shape index (κ3) is 6.12. The number of rotatable bonds is 8. The van der Waals surface area contributed by atoms with Crippen LogP contribution in [0.15, 0.2) is 59.7 Å². The summed E-state index contributed by atoms with van der Waals surface area (Å²) in [5, 5.41) is 7.27. The van der Waals surface area contributed by atoms with E-state index >= 15 is 0 Å². The van der Waals surface area contributed by atoms with Gasteiger partial charge in [-0.3, -0.25) is 4.79 Å². The summed E-state index contributed by atoms with van der Waals surface area (Å²) in [6.07, 6.45) is 2.85. The van der Waals surface area contributed by atoms with Crippen molar-refractivity contribution in [3.63, 3.8) is 0 Å². The van der Waals surface area contributed by atoms with E-state index < -0.39 is 0 Å². The van der Waals surface area contributed by atoms with Gasteiger partial charge in [-0.15, -0.1) is 0 Å². The molecule has 126 valence electrons. The highest BCUT2D eigenvalue weighted by molar-refractivity contribution is 5.82. The van der Waals surface area contributed by atoms with E-state index in [-0.39, 0.29) is 5.91 Å². The molecule has 0 aliphatic heterocycles. The highest BCUT2D eigenvalue weighted by atomic mass is 16.2. The van der Waals surface area contributed by atoms with Gasteiger partial charge in [0, 0.05) is 38.4 Å². The minimum Gasteiger partial charge on any atom is -0.385 e. The standard InChI is InChI=1S/C19H24N4O/c1-23(2)18-12-10-16(11-13-18)15-21-22-19(24)9-6-14-20-17-7-4-3-5-8-17/h3-5,7-8,10-13,15,20H,6,9,14H2,1-2H3,(H,22,24)/b21-15+. The zero-order valence-corrected chi connectivity index (χ0v) is 14.2. The molecule has 0 radical (unpaired) electrons. The third-order valence-corrected chi connectivity index (χ3v) is 3.50. The second-order valence-electron chi connectivity index (χ2n) is 5.68. The largest absolute Gasteiger partial charge is 0.385 e. The Kier molecular flexibility index (Phi) is 6.83. The van der Waals surface area contributed by atoms with Crippen molar-refractivity contribution in [3.8, 4) is 0 Å². The van der Waals surface area contributed by atoms with E-state index in [0.29, 0.717) is 6.42 Å². The molecule has 2 N–H and O–H groups in total. The van der Waals surface area contributed by atoms with Crippen molar-refractivity contribution < 1.29 is 4.79 Å². The zero-order valence-electron chi connectivity index (χ0n) is 14.2. The summed E-state index contributed by atoms with van der Waals surface area (Å²) in [5.74, 6) is -0.0778. The number of benzene rings is 2. The molecular formula is C19H24N4O. The lowest BCUT2D eigenvalue weighted by atomic mass is 10.2. The Labute approximate surface area is 143 Å². The molecule has 0 atom stereocenters. The number of carbonyl (C=O) groups is 1. The van der Waals surface area contributed by atoms with Crippen molar-refractivity contribution in [2.24, 2.45) is 5.10 Å². The van der Waals surface area contributed by atoms with E-state index in [1.165, 1.54) is 0 Å². The number of nitrogens with zero attached hydrogens (tertiary/aromatic N) is 2. The van der Waals surface area contributed by atoms with Gasteiger partial charge in [-0.1, -0.05) is 30.3 Å². The van der Waals surface area contributed by atoms with Crippen LogP contribution in [0.5, 0.6) is 0 Å². The Balaban J connectivity index is 1.65. The molecule has 5 nitrogen and oxygen atoms in total. The van der Waals surface area contributed by atoms with Gasteiger partial charge in [-0.25, -0.2) is 5.43 Å². The Bertz CT molecular complexity index is 651. The van der Waals surface area contributed by atoms with Gasteiger partial charge in [0.25, 0.3) is 0 Å². The van der Waals surface area contributed by atoms with Crippen LogP contribution in [0.2, 0.25) is 0 Å². The Morgan fingerprint density at radius 3 is 2.46 bits per heavy atom. The van der Waals surface area contributed by atoms with Gasteiger partial charge in [0.1, 0.15) is 0 Å². The number of anilines is 2. The summed E-state index contributed by atoms with van der Waals surface area (Å²) >= 11 is 0. The second kappa shape index (κ2) is 9.35. The van der Waals surface area contributed by atoms with Crippen LogP contribution in [0.4, 0.5) is 11.4 Å². The van der Waals surface area contributed by atoms with E-state index in [0.717, 1.165) is 29.9 Å². The third-order valence-electron chi connectivity index (χ3n) is 3.50. The molecule has 0 spiro atoms. The lowest BCUT2D eigenvalue weighted by molar-refractivity contribution is -0.121. The number of hydrogen-bond acceptors (Lipinski definition) is 4. The summed E-state index contributed by atoms with van der Waals surface area (Å²) in [4.78, 5) is 13.8. The van der Waals surface area contributed by atoms with E-state index in [4.69, 9.17) is 0 Å². The number of carbonyl (C=O) groups excluding carboxylic acids is 1. The van der Waals surface area contributed by atoms with E-state index in [1.54, 1.807) is 6.21 Å². The molecule has 0 saturated carbocycles. The molecule has 0 bridgehead atoms. The maximum absolute atomic E-state index is 11.7. The second-order valence-corrected chi connectivity index (χ2v) is 5.68. The van der Waals surface area contributed by atoms with Gasteiger partial charge >= 0.3 is 0 Å². The van der Waals surface area contributed by atoms with E-state index in [1.807, 2.05) is 73.6 Å². The van der Waals surface area contributed by atoms with Gasteiger partial charge in [0.15, 0.2) is 0 Å². The molecule has 1 amide bonds. The van der Waals surface area contributed by atoms with Crippen molar-refractivity contribution in [1.29, 1.82) is 0 Å². The van der Waals surface area contributed by atoms with Gasteiger partial charge in [0.2, 0.25) is 5.91 Å². The van der Waals surface area contributed by atoms with Crippen LogP contribution in [-0.2, 0) is 4.79 Å². The first-order valence-electron chi connectivity index (χ1n) is 8.03. The molecule has 0 aliphatic carbocycles. The van der Waals surface area contributed by atoms with Crippen LogP contribution >= 0.6 is 0 Å². The quantitative estimate of drug-likeness (QED) is 0.446. The minimum atomic E-state index is -0.0778. The van der Waals surface area contributed by atoms with E-state index in [9.17, 15) is 4.79 Å². The smallest absolute Gasteiger partial charge is 0.240 e. The molecule has 0 aromatic heterocycles. The number of nitrogens with one attached hydrogen (secondary N) is 2. The molecule has 0 unspecified atom stereocenters. The molecule has 5 heteroatoms. The van der Waals surface area contributed by atoms with Crippen LogP contribution in [0.1, 0.15) is 18.4 Å². The molecule has 2 aromatic rings. The maximum Gasteiger partial charge on any atom is 0.240 e. The van der Waals surface area contributed by atoms with Gasteiger partial charge in [-0.05, 0) is 36.2 Å².